The van der Waals surface area contributed by atoms with E-state index < -0.39 is 0 Å². The molecule has 4 rings (SSSR count). The van der Waals surface area contributed by atoms with Gasteiger partial charge in [-0.15, -0.1) is 0 Å². The molecule has 2 aliphatic rings. The molecule has 1 saturated heterocycles. The average molecular weight is 336 g/mol. The van der Waals surface area contributed by atoms with E-state index in [1.165, 1.54) is 0 Å². The number of fused-ring (bicyclic) bond motifs is 2. The van der Waals surface area contributed by atoms with Crippen molar-refractivity contribution in [3.63, 3.8) is 0 Å². The van der Waals surface area contributed by atoms with Gasteiger partial charge in [0.15, 0.2) is 5.78 Å². The molecule has 128 valence electrons. The zero-order chi connectivity index (χ0) is 17.6. The maximum absolute atomic E-state index is 12.8. The molecule has 0 spiro atoms. The van der Waals surface area contributed by atoms with Crippen molar-refractivity contribution < 1.29 is 14.4 Å². The summed E-state index contributed by atoms with van der Waals surface area (Å²) in [6.07, 6.45) is 7.63. The van der Waals surface area contributed by atoms with Gasteiger partial charge >= 0.3 is 0 Å². The van der Waals surface area contributed by atoms with Gasteiger partial charge in [0.25, 0.3) is 0 Å². The summed E-state index contributed by atoms with van der Waals surface area (Å²) in [6.45, 7) is 1.89. The summed E-state index contributed by atoms with van der Waals surface area (Å²) in [7, 11) is 0. The first-order valence-electron chi connectivity index (χ1n) is 8.74. The fraction of sp³-hybridized carbons (Fsp3) is 0.350. The van der Waals surface area contributed by atoms with Gasteiger partial charge in [-0.3, -0.25) is 19.3 Å². The lowest BCUT2D eigenvalue weighted by Gasteiger charge is -2.14. The van der Waals surface area contributed by atoms with Crippen LogP contribution in [0.2, 0.25) is 0 Å². The van der Waals surface area contributed by atoms with E-state index >= 15 is 0 Å². The summed E-state index contributed by atoms with van der Waals surface area (Å²) in [5, 5.41) is 0.850. The number of para-hydroxylation sites is 1. The predicted octanol–water partition coefficient (Wildman–Crippen LogP) is 2.86. The molecule has 1 aromatic carbocycles. The lowest BCUT2D eigenvalue weighted by Crippen LogP contribution is -2.36. The van der Waals surface area contributed by atoms with Gasteiger partial charge in [0, 0.05) is 22.7 Å². The Morgan fingerprint density at radius 2 is 1.84 bits per heavy atom. The molecule has 0 bridgehead atoms. The minimum Gasteiger partial charge on any atom is -0.360 e. The lowest BCUT2D eigenvalue weighted by atomic mass is 9.85. The number of aryl methyl sites for hydroxylation is 1. The van der Waals surface area contributed by atoms with Gasteiger partial charge in [-0.2, -0.15) is 0 Å². The molecule has 1 aliphatic carbocycles. The van der Waals surface area contributed by atoms with Gasteiger partial charge < -0.3 is 4.98 Å². The third kappa shape index (κ3) is 2.42. The highest BCUT2D eigenvalue weighted by Gasteiger charge is 2.47. The van der Waals surface area contributed by atoms with E-state index in [4.69, 9.17) is 0 Å². The molecule has 0 unspecified atom stereocenters. The fourth-order valence-corrected chi connectivity index (χ4v) is 4.00. The van der Waals surface area contributed by atoms with E-state index in [2.05, 4.69) is 11.9 Å². The van der Waals surface area contributed by atoms with Crippen LogP contribution >= 0.6 is 0 Å². The number of imide groups is 1. The number of benzene rings is 1. The van der Waals surface area contributed by atoms with E-state index in [1.807, 2.05) is 30.4 Å². The van der Waals surface area contributed by atoms with Crippen molar-refractivity contribution >= 4 is 28.5 Å². The molecule has 0 radical (unpaired) electrons. The minimum absolute atomic E-state index is 0.173. The smallest absolute Gasteiger partial charge is 0.233 e. The number of amides is 2. The number of carbonyl (C=O) groups excluding carboxylic acids is 3. The molecule has 2 atom stereocenters. The second-order valence-electron chi connectivity index (χ2n) is 6.74. The lowest BCUT2D eigenvalue weighted by molar-refractivity contribution is -0.139. The Morgan fingerprint density at radius 3 is 2.48 bits per heavy atom. The van der Waals surface area contributed by atoms with Crippen molar-refractivity contribution in [2.24, 2.45) is 11.8 Å². The van der Waals surface area contributed by atoms with E-state index in [-0.39, 0.29) is 36.0 Å². The van der Waals surface area contributed by atoms with Gasteiger partial charge in [-0.05, 0) is 24.8 Å². The number of aromatic nitrogens is 1. The third-order valence-electron chi connectivity index (χ3n) is 5.38. The van der Waals surface area contributed by atoms with Crippen LogP contribution in [0.25, 0.3) is 10.9 Å². The molecule has 2 heterocycles. The number of allylic oxidation sites excluding steroid dienone is 2. The summed E-state index contributed by atoms with van der Waals surface area (Å²) in [4.78, 5) is 42.2. The van der Waals surface area contributed by atoms with Gasteiger partial charge in [0.05, 0.1) is 18.4 Å². The van der Waals surface area contributed by atoms with Crippen LogP contribution in [0.4, 0.5) is 0 Å². The Kier molecular flexibility index (Phi) is 3.79. The largest absolute Gasteiger partial charge is 0.360 e. The number of hydrogen-bond donors (Lipinski definition) is 1. The average Bonchev–Trinajstić information content (AvgIpc) is 3.17. The monoisotopic (exact) mass is 336 g/mol. The van der Waals surface area contributed by atoms with Crippen molar-refractivity contribution in [2.45, 2.75) is 26.2 Å². The molecule has 1 aromatic heterocycles. The summed E-state index contributed by atoms with van der Waals surface area (Å²) in [6, 6.07) is 5.85. The number of likely N-dealkylation sites (tertiary alicyclic amines) is 1. The maximum atomic E-state index is 12.8. The van der Waals surface area contributed by atoms with Gasteiger partial charge in [-0.25, -0.2) is 0 Å². The number of rotatable bonds is 4. The van der Waals surface area contributed by atoms with E-state index in [9.17, 15) is 14.4 Å². The van der Waals surface area contributed by atoms with Crippen molar-refractivity contribution in [2.75, 3.05) is 6.54 Å². The molecule has 1 N–H and O–H groups in total. The number of hydrogen-bond acceptors (Lipinski definition) is 3. The molecule has 2 aromatic rings. The molecular weight excluding hydrogens is 316 g/mol. The molecule has 5 nitrogen and oxygen atoms in total. The van der Waals surface area contributed by atoms with Crippen LogP contribution in [-0.4, -0.2) is 34.0 Å². The first-order valence-corrected chi connectivity index (χ1v) is 8.74. The molecule has 25 heavy (non-hydrogen) atoms. The van der Waals surface area contributed by atoms with Crippen LogP contribution in [0, 0.1) is 11.8 Å². The van der Waals surface area contributed by atoms with Gasteiger partial charge in [-0.1, -0.05) is 37.3 Å². The fourth-order valence-electron chi connectivity index (χ4n) is 4.00. The Morgan fingerprint density at radius 1 is 1.16 bits per heavy atom. The summed E-state index contributed by atoms with van der Waals surface area (Å²) in [5.74, 6) is -1.20. The third-order valence-corrected chi connectivity index (χ3v) is 5.38. The van der Waals surface area contributed by atoms with Crippen molar-refractivity contribution in [1.29, 1.82) is 0 Å². The number of nitrogens with one attached hydrogen (secondary N) is 1. The summed E-state index contributed by atoms with van der Waals surface area (Å²) >= 11 is 0. The molecule has 1 fully saturated rings. The zero-order valence-corrected chi connectivity index (χ0v) is 14.1. The van der Waals surface area contributed by atoms with Crippen LogP contribution in [0.1, 0.15) is 35.7 Å². The highest BCUT2D eigenvalue weighted by Crippen LogP contribution is 2.35. The summed E-state index contributed by atoms with van der Waals surface area (Å²) < 4.78 is 0. The second-order valence-corrected chi connectivity index (χ2v) is 6.74. The number of Topliss-reactive ketones (excluding diaryl/α,β-unsaturated/α-hetero) is 1. The Labute approximate surface area is 145 Å². The first kappa shape index (κ1) is 15.8. The first-order chi connectivity index (χ1) is 12.1. The molecule has 2 amide bonds. The SMILES string of the molecule is CCc1cccc2c(C(=O)CN3C(=O)[C@@H]4CC=CC[C@H]4C3=O)c[nH]c12. The maximum Gasteiger partial charge on any atom is 0.233 e. The standard InChI is InChI=1S/C20H20N2O3/c1-2-12-6-5-9-13-16(10-21-18(12)13)17(23)11-22-19(24)14-7-3-4-8-15(14)20(22)25/h3-6,9-10,14-15,21H,2,7-8,11H2,1H3/t14-,15-/m1/s1. The highest BCUT2D eigenvalue weighted by atomic mass is 16.2. The second kappa shape index (κ2) is 5.99. The summed E-state index contributed by atoms with van der Waals surface area (Å²) in [5.41, 5.74) is 2.63. The topological polar surface area (TPSA) is 70.2 Å². The Hall–Kier alpha value is -2.69. The van der Waals surface area contributed by atoms with Crippen LogP contribution < -0.4 is 0 Å². The van der Waals surface area contributed by atoms with Crippen LogP contribution in [0.15, 0.2) is 36.5 Å². The normalized spacial score (nSPS) is 22.7. The highest BCUT2D eigenvalue weighted by molar-refractivity contribution is 6.14. The Bertz CT molecular complexity index is 883. The molecule has 0 saturated carbocycles. The molecule has 5 heteroatoms. The van der Waals surface area contributed by atoms with Crippen molar-refractivity contribution in [3.8, 4) is 0 Å². The number of carbonyl (C=O) groups is 3. The van der Waals surface area contributed by atoms with Crippen molar-refractivity contribution in [3.05, 3.63) is 47.7 Å². The minimum atomic E-state index is -0.292. The zero-order valence-electron chi connectivity index (χ0n) is 14.1. The van der Waals surface area contributed by atoms with Crippen LogP contribution in [0.3, 0.4) is 0 Å². The van der Waals surface area contributed by atoms with E-state index in [0.717, 1.165) is 27.8 Å². The number of ketones is 1. The number of aromatic amines is 1. The molecule has 1 aliphatic heterocycles. The number of H-pyrrole nitrogens is 1. The van der Waals surface area contributed by atoms with E-state index in [0.29, 0.717) is 18.4 Å². The number of nitrogens with zero attached hydrogens (tertiary/aromatic N) is 1. The predicted molar refractivity (Wildman–Crippen MR) is 94.1 cm³/mol. The van der Waals surface area contributed by atoms with Crippen molar-refractivity contribution in [1.82, 2.24) is 9.88 Å². The van der Waals surface area contributed by atoms with Gasteiger partial charge in [0.1, 0.15) is 0 Å². The van der Waals surface area contributed by atoms with Gasteiger partial charge in [0.2, 0.25) is 11.8 Å². The quantitative estimate of drug-likeness (QED) is 0.530. The van der Waals surface area contributed by atoms with Crippen LogP contribution in [0.5, 0.6) is 0 Å². The van der Waals surface area contributed by atoms with E-state index in [1.54, 1.807) is 6.20 Å². The molecular formula is C20H20N2O3. The van der Waals surface area contributed by atoms with Crippen LogP contribution in [-0.2, 0) is 16.0 Å². The Balaban J connectivity index is 1.61.